The van der Waals surface area contributed by atoms with Crippen molar-refractivity contribution in [3.8, 4) is 5.75 Å². The molecule has 18 heavy (non-hydrogen) atoms. The summed E-state index contributed by atoms with van der Waals surface area (Å²) in [6.07, 6.45) is 0.754. The van der Waals surface area contributed by atoms with Crippen molar-refractivity contribution in [1.82, 2.24) is 5.32 Å². The van der Waals surface area contributed by atoms with E-state index in [0.717, 1.165) is 6.42 Å². The van der Waals surface area contributed by atoms with Gasteiger partial charge in [0.05, 0.1) is 5.56 Å². The molecule has 1 aromatic rings. The third-order valence-corrected chi connectivity index (χ3v) is 2.63. The van der Waals surface area contributed by atoms with E-state index in [1.165, 1.54) is 18.2 Å². The van der Waals surface area contributed by atoms with Gasteiger partial charge in [0.15, 0.2) is 0 Å². The summed E-state index contributed by atoms with van der Waals surface area (Å²) >= 11 is 3.35. The van der Waals surface area contributed by atoms with Crippen molar-refractivity contribution in [2.45, 2.75) is 24.8 Å². The molecule has 0 aliphatic rings. The lowest BCUT2D eigenvalue weighted by molar-refractivity contribution is -0.0501. The van der Waals surface area contributed by atoms with Crippen molar-refractivity contribution in [3.05, 3.63) is 29.8 Å². The highest BCUT2D eigenvalue weighted by molar-refractivity contribution is 9.09. The molecule has 0 aliphatic carbocycles. The predicted octanol–water partition coefficient (Wildman–Crippen LogP) is 3.19. The van der Waals surface area contributed by atoms with E-state index in [1.54, 1.807) is 6.07 Å². The summed E-state index contributed by atoms with van der Waals surface area (Å²) in [5.41, 5.74) is 0.111. The second-order valence-electron chi connectivity index (χ2n) is 3.70. The van der Waals surface area contributed by atoms with Gasteiger partial charge in [-0.15, -0.1) is 0 Å². The zero-order chi connectivity index (χ0) is 13.5. The van der Waals surface area contributed by atoms with Crippen LogP contribution in [0.2, 0.25) is 0 Å². The Bertz CT molecular complexity index is 399. The summed E-state index contributed by atoms with van der Waals surface area (Å²) in [6, 6.07) is 5.92. The Kier molecular flexibility index (Phi) is 6.04. The van der Waals surface area contributed by atoms with Crippen molar-refractivity contribution in [1.29, 1.82) is 0 Å². The molecular formula is C12H14BrF2NO2. The number of para-hydroxylation sites is 1. The highest BCUT2D eigenvalue weighted by Gasteiger charge is 2.14. The maximum absolute atomic E-state index is 12.2. The molecule has 0 radical (unpaired) electrons. The van der Waals surface area contributed by atoms with E-state index >= 15 is 0 Å². The molecule has 1 atom stereocenters. The zero-order valence-electron chi connectivity index (χ0n) is 9.83. The maximum Gasteiger partial charge on any atom is 0.387 e. The molecule has 3 nitrogen and oxygen atoms in total. The number of alkyl halides is 3. The Morgan fingerprint density at radius 1 is 1.44 bits per heavy atom. The fraction of sp³-hybridized carbons (Fsp3) is 0.417. The minimum atomic E-state index is -2.94. The van der Waals surface area contributed by atoms with E-state index in [-0.39, 0.29) is 16.1 Å². The van der Waals surface area contributed by atoms with Crippen LogP contribution in [-0.4, -0.2) is 23.9 Å². The molecule has 0 heterocycles. The Labute approximate surface area is 113 Å². The van der Waals surface area contributed by atoms with Crippen LogP contribution in [0.25, 0.3) is 0 Å². The number of carbonyl (C=O) groups excluding carboxylic acids is 1. The molecule has 0 bridgehead atoms. The van der Waals surface area contributed by atoms with Crippen molar-refractivity contribution in [3.63, 3.8) is 0 Å². The third kappa shape index (κ3) is 5.00. The van der Waals surface area contributed by atoms with Crippen LogP contribution < -0.4 is 10.1 Å². The van der Waals surface area contributed by atoms with E-state index in [1.807, 2.05) is 6.92 Å². The molecule has 6 heteroatoms. The summed E-state index contributed by atoms with van der Waals surface area (Å²) in [4.78, 5) is 12.1. The van der Waals surface area contributed by atoms with Crippen molar-refractivity contribution >= 4 is 21.8 Å². The van der Waals surface area contributed by atoms with Crippen molar-refractivity contribution in [2.75, 3.05) is 6.54 Å². The van der Waals surface area contributed by atoms with Crippen LogP contribution in [-0.2, 0) is 0 Å². The number of rotatable bonds is 6. The van der Waals surface area contributed by atoms with E-state index in [9.17, 15) is 13.6 Å². The van der Waals surface area contributed by atoms with E-state index in [0.29, 0.717) is 6.54 Å². The van der Waals surface area contributed by atoms with Gasteiger partial charge in [-0.1, -0.05) is 35.0 Å². The summed E-state index contributed by atoms with van der Waals surface area (Å²) in [5.74, 6) is -0.531. The Balaban J connectivity index is 2.66. The number of carbonyl (C=O) groups is 1. The van der Waals surface area contributed by atoms with Gasteiger partial charge in [-0.25, -0.2) is 0 Å². The molecule has 1 amide bonds. The number of halogens is 3. The van der Waals surface area contributed by atoms with Crippen LogP contribution in [0.5, 0.6) is 5.75 Å². The van der Waals surface area contributed by atoms with Crippen LogP contribution in [0.3, 0.4) is 0 Å². The Morgan fingerprint density at radius 2 is 2.11 bits per heavy atom. The number of amides is 1. The molecule has 0 fully saturated rings. The van der Waals surface area contributed by atoms with Gasteiger partial charge in [0.2, 0.25) is 0 Å². The van der Waals surface area contributed by atoms with Gasteiger partial charge in [0.1, 0.15) is 5.75 Å². The molecule has 0 spiro atoms. The minimum Gasteiger partial charge on any atom is -0.434 e. The Hall–Kier alpha value is -1.17. The predicted molar refractivity (Wildman–Crippen MR) is 68.4 cm³/mol. The van der Waals surface area contributed by atoms with Crippen LogP contribution in [0, 0.1) is 0 Å². The number of hydrogen-bond acceptors (Lipinski definition) is 2. The maximum atomic E-state index is 12.2. The molecule has 1 N–H and O–H groups in total. The third-order valence-electron chi connectivity index (χ3n) is 2.18. The van der Waals surface area contributed by atoms with E-state index < -0.39 is 12.5 Å². The normalized spacial score (nSPS) is 12.3. The highest BCUT2D eigenvalue weighted by atomic mass is 79.9. The summed E-state index contributed by atoms with van der Waals surface area (Å²) < 4.78 is 28.6. The summed E-state index contributed by atoms with van der Waals surface area (Å²) in [5, 5.41) is 2.65. The molecule has 0 aromatic heterocycles. The highest BCUT2D eigenvalue weighted by Crippen LogP contribution is 2.20. The number of ether oxygens (including phenoxy) is 1. The molecule has 0 saturated carbocycles. The first-order valence-corrected chi connectivity index (χ1v) is 6.38. The first kappa shape index (κ1) is 14.9. The van der Waals surface area contributed by atoms with Crippen LogP contribution in [0.15, 0.2) is 24.3 Å². The fourth-order valence-corrected chi connectivity index (χ4v) is 1.56. The van der Waals surface area contributed by atoms with Gasteiger partial charge in [0.25, 0.3) is 5.91 Å². The summed E-state index contributed by atoms with van der Waals surface area (Å²) in [6.45, 7) is -0.518. The summed E-state index contributed by atoms with van der Waals surface area (Å²) in [7, 11) is 0. The van der Waals surface area contributed by atoms with Crippen molar-refractivity contribution < 1.29 is 18.3 Å². The first-order chi connectivity index (χ1) is 8.50. The van der Waals surface area contributed by atoms with E-state index in [4.69, 9.17) is 0 Å². The average molecular weight is 322 g/mol. The fourth-order valence-electron chi connectivity index (χ4n) is 1.33. The largest absolute Gasteiger partial charge is 0.434 e. The lowest BCUT2D eigenvalue weighted by atomic mass is 10.2. The van der Waals surface area contributed by atoms with Gasteiger partial charge in [-0.3, -0.25) is 4.79 Å². The topological polar surface area (TPSA) is 38.3 Å². The molecular weight excluding hydrogens is 308 g/mol. The second-order valence-corrected chi connectivity index (χ2v) is 5.26. The quantitative estimate of drug-likeness (QED) is 0.817. The molecule has 1 aromatic carbocycles. The second kappa shape index (κ2) is 7.31. The van der Waals surface area contributed by atoms with Crippen LogP contribution in [0.1, 0.15) is 23.7 Å². The van der Waals surface area contributed by atoms with Gasteiger partial charge < -0.3 is 10.1 Å². The first-order valence-electron chi connectivity index (χ1n) is 5.47. The van der Waals surface area contributed by atoms with Crippen LogP contribution >= 0.6 is 15.9 Å². The number of hydrogen-bond donors (Lipinski definition) is 1. The van der Waals surface area contributed by atoms with E-state index in [2.05, 4.69) is 26.0 Å². The molecule has 1 unspecified atom stereocenters. The molecule has 0 saturated heterocycles. The lowest BCUT2D eigenvalue weighted by Crippen LogP contribution is -2.26. The number of benzene rings is 1. The average Bonchev–Trinajstić information content (AvgIpc) is 2.28. The van der Waals surface area contributed by atoms with Gasteiger partial charge in [-0.05, 0) is 18.6 Å². The molecule has 0 aliphatic heterocycles. The van der Waals surface area contributed by atoms with Gasteiger partial charge in [-0.2, -0.15) is 8.78 Å². The zero-order valence-corrected chi connectivity index (χ0v) is 11.4. The molecule has 100 valence electrons. The Morgan fingerprint density at radius 3 is 2.72 bits per heavy atom. The smallest absolute Gasteiger partial charge is 0.387 e. The van der Waals surface area contributed by atoms with Gasteiger partial charge in [0, 0.05) is 11.4 Å². The monoisotopic (exact) mass is 321 g/mol. The SMILES string of the molecule is CC(Br)CCNC(=O)c1ccccc1OC(F)F. The van der Waals surface area contributed by atoms with Gasteiger partial charge >= 0.3 is 6.61 Å². The lowest BCUT2D eigenvalue weighted by Gasteiger charge is -2.11. The standard InChI is InChI=1S/C12H14BrF2NO2/c1-8(13)6-7-16-11(17)9-4-2-3-5-10(9)18-12(14)15/h2-5,8,12H,6-7H2,1H3,(H,16,17). The van der Waals surface area contributed by atoms with Crippen LogP contribution in [0.4, 0.5) is 8.78 Å². The molecule has 1 rings (SSSR count). The minimum absolute atomic E-state index is 0.111. The van der Waals surface area contributed by atoms with Crippen molar-refractivity contribution in [2.24, 2.45) is 0 Å². The number of nitrogens with one attached hydrogen (secondary N) is 1.